The molecule has 1 aromatic heterocycles. The number of hydrogen-bond acceptors (Lipinski definition) is 3. The number of nitrogens with zero attached hydrogens (tertiary/aromatic N) is 2. The molecule has 0 N–H and O–H groups in total. The lowest BCUT2D eigenvalue weighted by Crippen LogP contribution is -2.09. The van der Waals surface area contributed by atoms with Crippen LogP contribution >= 0.6 is 38.5 Å². The maximum absolute atomic E-state index is 5.32. The quantitative estimate of drug-likeness (QED) is 0.563. The molecule has 1 heterocycles. The molecular formula is C8H12BrIN2O2. The molecule has 1 rings (SSSR count). The van der Waals surface area contributed by atoms with Crippen molar-refractivity contribution in [1.29, 1.82) is 0 Å². The fraction of sp³-hybridized carbons (Fsp3) is 0.625. The lowest BCUT2D eigenvalue weighted by molar-refractivity contribution is 0.0654. The Balaban J connectivity index is 2.18. The monoisotopic (exact) mass is 374 g/mol. The third-order valence-corrected chi connectivity index (χ3v) is 3.69. The fourth-order valence-electron chi connectivity index (χ4n) is 0.890. The van der Waals surface area contributed by atoms with Gasteiger partial charge in [0.15, 0.2) is 0 Å². The summed E-state index contributed by atoms with van der Waals surface area (Å²) < 4.78 is 14.0. The summed E-state index contributed by atoms with van der Waals surface area (Å²) in [5.41, 5.74) is 0. The van der Waals surface area contributed by atoms with Gasteiger partial charge in [-0.25, -0.2) is 0 Å². The van der Waals surface area contributed by atoms with Crippen molar-refractivity contribution >= 4 is 38.5 Å². The molecule has 0 aliphatic carbocycles. The molecule has 6 heteroatoms. The first-order valence-electron chi connectivity index (χ1n) is 4.19. The van der Waals surface area contributed by atoms with Crippen LogP contribution in [0.5, 0.6) is 0 Å². The van der Waals surface area contributed by atoms with Crippen LogP contribution in [-0.2, 0) is 16.0 Å². The molecule has 0 atom stereocenters. The molecule has 0 saturated heterocycles. The topological polar surface area (TPSA) is 36.3 Å². The summed E-state index contributed by atoms with van der Waals surface area (Å²) in [6.07, 6.45) is 1.95. The molecule has 1 aromatic rings. The number of aromatic nitrogens is 2. The smallest absolute Gasteiger partial charge is 0.137 e. The highest BCUT2D eigenvalue weighted by Crippen LogP contribution is 2.16. The summed E-state index contributed by atoms with van der Waals surface area (Å²) in [5.74, 6) is 0. The lowest BCUT2D eigenvalue weighted by atomic mass is 10.6. The first-order valence-corrected chi connectivity index (χ1v) is 6.06. The maximum Gasteiger partial charge on any atom is 0.137 e. The summed E-state index contributed by atoms with van der Waals surface area (Å²) in [6, 6.07) is 0. The molecule has 0 bridgehead atoms. The minimum absolute atomic E-state index is 0.635. The van der Waals surface area contributed by atoms with E-state index in [1.54, 1.807) is 7.11 Å². The van der Waals surface area contributed by atoms with E-state index < -0.39 is 0 Å². The summed E-state index contributed by atoms with van der Waals surface area (Å²) in [7, 11) is 1.66. The SMILES string of the molecule is COCCOCCn1cc(Br)c(I)n1. The highest BCUT2D eigenvalue weighted by Gasteiger charge is 2.01. The first kappa shape index (κ1) is 12.4. The zero-order valence-electron chi connectivity index (χ0n) is 7.87. The van der Waals surface area contributed by atoms with Gasteiger partial charge in [-0.05, 0) is 38.5 Å². The van der Waals surface area contributed by atoms with Crippen molar-refractivity contribution in [2.24, 2.45) is 0 Å². The molecule has 14 heavy (non-hydrogen) atoms. The van der Waals surface area contributed by atoms with Crippen molar-refractivity contribution in [2.45, 2.75) is 6.54 Å². The Morgan fingerprint density at radius 3 is 2.86 bits per heavy atom. The van der Waals surface area contributed by atoms with Crippen LogP contribution in [0.3, 0.4) is 0 Å². The predicted molar refractivity (Wildman–Crippen MR) is 65.3 cm³/mol. The Kier molecular flexibility index (Phi) is 5.99. The molecule has 0 aromatic carbocycles. The second-order valence-electron chi connectivity index (χ2n) is 2.64. The molecule has 0 amide bonds. The van der Waals surface area contributed by atoms with Crippen molar-refractivity contribution in [3.8, 4) is 0 Å². The second-order valence-corrected chi connectivity index (χ2v) is 4.51. The highest BCUT2D eigenvalue weighted by atomic mass is 127. The minimum atomic E-state index is 0.635. The standard InChI is InChI=1S/C8H12BrIN2O2/c1-13-4-5-14-3-2-12-6-7(9)8(10)11-12/h6H,2-5H2,1H3. The summed E-state index contributed by atoms with van der Waals surface area (Å²) >= 11 is 5.58. The number of halogens is 2. The normalized spacial score (nSPS) is 10.8. The van der Waals surface area contributed by atoms with Crippen LogP contribution in [0.4, 0.5) is 0 Å². The Morgan fingerprint density at radius 2 is 2.29 bits per heavy atom. The van der Waals surface area contributed by atoms with Crippen molar-refractivity contribution in [1.82, 2.24) is 9.78 Å². The lowest BCUT2D eigenvalue weighted by Gasteiger charge is -2.03. The Labute approximate surface area is 105 Å². The van der Waals surface area contributed by atoms with E-state index in [9.17, 15) is 0 Å². The van der Waals surface area contributed by atoms with Gasteiger partial charge in [0.05, 0.1) is 30.8 Å². The van der Waals surface area contributed by atoms with Gasteiger partial charge < -0.3 is 9.47 Å². The molecule has 0 unspecified atom stereocenters. The van der Waals surface area contributed by atoms with Gasteiger partial charge in [-0.3, -0.25) is 4.68 Å². The van der Waals surface area contributed by atoms with E-state index in [0.29, 0.717) is 19.8 Å². The van der Waals surface area contributed by atoms with Gasteiger partial charge in [0.1, 0.15) is 3.70 Å². The van der Waals surface area contributed by atoms with E-state index in [1.165, 1.54) is 0 Å². The molecule has 4 nitrogen and oxygen atoms in total. The average molecular weight is 375 g/mol. The van der Waals surface area contributed by atoms with Crippen LogP contribution in [0.1, 0.15) is 0 Å². The van der Waals surface area contributed by atoms with Crippen LogP contribution < -0.4 is 0 Å². The Hall–Kier alpha value is 0.340. The summed E-state index contributed by atoms with van der Waals surface area (Å²) in [5, 5.41) is 4.27. The highest BCUT2D eigenvalue weighted by molar-refractivity contribution is 14.1. The largest absolute Gasteiger partial charge is 0.382 e. The van der Waals surface area contributed by atoms with E-state index in [1.807, 2.05) is 10.9 Å². The summed E-state index contributed by atoms with van der Waals surface area (Å²) in [6.45, 7) is 2.70. The Bertz CT molecular complexity index is 261. The second kappa shape index (κ2) is 6.76. The van der Waals surface area contributed by atoms with Crippen LogP contribution in [-0.4, -0.2) is 36.7 Å². The third kappa shape index (κ3) is 4.24. The van der Waals surface area contributed by atoms with Crippen LogP contribution in [0.15, 0.2) is 10.7 Å². The zero-order valence-corrected chi connectivity index (χ0v) is 11.6. The first-order chi connectivity index (χ1) is 6.74. The van der Waals surface area contributed by atoms with Crippen molar-refractivity contribution in [2.75, 3.05) is 26.9 Å². The number of rotatable bonds is 6. The number of methoxy groups -OCH3 is 1. The van der Waals surface area contributed by atoms with Gasteiger partial charge in [-0.15, -0.1) is 0 Å². The molecule has 0 aliphatic rings. The predicted octanol–water partition coefficient (Wildman–Crippen LogP) is 1.91. The molecule has 0 spiro atoms. The molecule has 80 valence electrons. The zero-order chi connectivity index (χ0) is 10.4. The van der Waals surface area contributed by atoms with E-state index in [0.717, 1.165) is 14.7 Å². The third-order valence-electron chi connectivity index (χ3n) is 1.57. The average Bonchev–Trinajstić information content (AvgIpc) is 2.46. The van der Waals surface area contributed by atoms with E-state index in [4.69, 9.17) is 9.47 Å². The van der Waals surface area contributed by atoms with Gasteiger partial charge in [0, 0.05) is 13.3 Å². The Morgan fingerprint density at radius 1 is 1.50 bits per heavy atom. The van der Waals surface area contributed by atoms with Crippen molar-refractivity contribution < 1.29 is 9.47 Å². The minimum Gasteiger partial charge on any atom is -0.382 e. The summed E-state index contributed by atoms with van der Waals surface area (Å²) in [4.78, 5) is 0. The van der Waals surface area contributed by atoms with Gasteiger partial charge in [0.25, 0.3) is 0 Å². The molecule has 0 radical (unpaired) electrons. The molecule has 0 aliphatic heterocycles. The van der Waals surface area contributed by atoms with E-state index in [-0.39, 0.29) is 0 Å². The molecular weight excluding hydrogens is 363 g/mol. The fourth-order valence-corrected chi connectivity index (χ4v) is 1.62. The van der Waals surface area contributed by atoms with Gasteiger partial charge >= 0.3 is 0 Å². The maximum atomic E-state index is 5.32. The van der Waals surface area contributed by atoms with Gasteiger partial charge in [0.2, 0.25) is 0 Å². The van der Waals surface area contributed by atoms with Crippen LogP contribution in [0.25, 0.3) is 0 Å². The van der Waals surface area contributed by atoms with E-state index >= 15 is 0 Å². The number of hydrogen-bond donors (Lipinski definition) is 0. The van der Waals surface area contributed by atoms with E-state index in [2.05, 4.69) is 43.6 Å². The van der Waals surface area contributed by atoms with Crippen molar-refractivity contribution in [3.63, 3.8) is 0 Å². The van der Waals surface area contributed by atoms with Crippen LogP contribution in [0, 0.1) is 3.70 Å². The van der Waals surface area contributed by atoms with Crippen LogP contribution in [0.2, 0.25) is 0 Å². The van der Waals surface area contributed by atoms with Gasteiger partial charge in [-0.2, -0.15) is 5.10 Å². The number of ether oxygens (including phenoxy) is 2. The molecule has 0 saturated carbocycles. The van der Waals surface area contributed by atoms with Gasteiger partial charge in [-0.1, -0.05) is 0 Å². The molecule has 0 fully saturated rings. The van der Waals surface area contributed by atoms with Crippen molar-refractivity contribution in [3.05, 3.63) is 14.4 Å².